The van der Waals surface area contributed by atoms with Crippen molar-refractivity contribution in [2.75, 3.05) is 26.2 Å². The molecular formula is C16H24N2O2. The summed E-state index contributed by atoms with van der Waals surface area (Å²) in [5.41, 5.74) is 1.16. The van der Waals surface area contributed by atoms with Crippen LogP contribution in [0.15, 0.2) is 24.3 Å². The Morgan fingerprint density at radius 1 is 1.50 bits per heavy atom. The lowest BCUT2D eigenvalue weighted by molar-refractivity contribution is -0.121. The second-order valence-electron chi connectivity index (χ2n) is 5.41. The molecule has 1 unspecified atom stereocenters. The van der Waals surface area contributed by atoms with Gasteiger partial charge in [-0.3, -0.25) is 4.79 Å². The molecule has 2 N–H and O–H groups in total. The van der Waals surface area contributed by atoms with Gasteiger partial charge in [0.2, 0.25) is 5.91 Å². The van der Waals surface area contributed by atoms with Crippen molar-refractivity contribution in [3.8, 4) is 5.75 Å². The molecule has 1 aromatic carbocycles. The molecule has 1 aromatic rings. The summed E-state index contributed by atoms with van der Waals surface area (Å²) in [6, 6.07) is 7.88. The summed E-state index contributed by atoms with van der Waals surface area (Å²) < 4.78 is 5.57. The average molecular weight is 276 g/mol. The van der Waals surface area contributed by atoms with Crippen LogP contribution in [0.5, 0.6) is 5.75 Å². The molecule has 0 bridgehead atoms. The quantitative estimate of drug-likeness (QED) is 0.799. The molecule has 20 heavy (non-hydrogen) atoms. The van der Waals surface area contributed by atoms with E-state index in [4.69, 9.17) is 4.74 Å². The van der Waals surface area contributed by atoms with E-state index in [9.17, 15) is 4.79 Å². The van der Waals surface area contributed by atoms with Crippen LogP contribution in [0.1, 0.15) is 24.8 Å². The minimum absolute atomic E-state index is 0.0728. The number of carbonyl (C=O) groups excluding carboxylic acids is 1. The molecule has 0 saturated carbocycles. The van der Waals surface area contributed by atoms with Crippen molar-refractivity contribution in [3.63, 3.8) is 0 Å². The number of rotatable bonds is 7. The van der Waals surface area contributed by atoms with Crippen LogP contribution in [-0.4, -0.2) is 32.1 Å². The van der Waals surface area contributed by atoms with Gasteiger partial charge in [-0.05, 0) is 56.5 Å². The maximum Gasteiger partial charge on any atom is 0.223 e. The number of carbonyl (C=O) groups is 1. The summed E-state index contributed by atoms with van der Waals surface area (Å²) in [6.07, 6.45) is 2.71. The van der Waals surface area contributed by atoms with E-state index in [2.05, 4.69) is 10.6 Å². The third kappa shape index (κ3) is 5.21. The van der Waals surface area contributed by atoms with E-state index in [-0.39, 0.29) is 5.91 Å². The molecule has 1 heterocycles. The van der Waals surface area contributed by atoms with E-state index < -0.39 is 0 Å². The van der Waals surface area contributed by atoms with Crippen molar-refractivity contribution in [3.05, 3.63) is 29.8 Å². The van der Waals surface area contributed by atoms with Gasteiger partial charge in [-0.25, -0.2) is 0 Å². The van der Waals surface area contributed by atoms with Crippen LogP contribution in [-0.2, 0) is 4.79 Å². The van der Waals surface area contributed by atoms with Gasteiger partial charge in [-0.15, -0.1) is 0 Å². The average Bonchev–Trinajstić information content (AvgIpc) is 2.92. The standard InChI is InChI=1S/C16H24N2O2/c1-13-3-2-4-15(11-13)20-10-7-16(19)18-9-6-14-5-8-17-12-14/h2-4,11,14,17H,5-10,12H2,1H3,(H,18,19). The summed E-state index contributed by atoms with van der Waals surface area (Å²) in [4.78, 5) is 11.7. The smallest absolute Gasteiger partial charge is 0.223 e. The maximum atomic E-state index is 11.7. The topological polar surface area (TPSA) is 50.4 Å². The normalized spacial score (nSPS) is 17.9. The highest BCUT2D eigenvalue weighted by atomic mass is 16.5. The van der Waals surface area contributed by atoms with Gasteiger partial charge in [0.15, 0.2) is 0 Å². The van der Waals surface area contributed by atoms with Gasteiger partial charge in [-0.1, -0.05) is 12.1 Å². The van der Waals surface area contributed by atoms with Gasteiger partial charge in [0, 0.05) is 6.54 Å². The molecule has 2 rings (SSSR count). The molecule has 4 nitrogen and oxygen atoms in total. The molecule has 0 spiro atoms. The number of hydrogen-bond donors (Lipinski definition) is 2. The zero-order chi connectivity index (χ0) is 14.2. The summed E-state index contributed by atoms with van der Waals surface area (Å²) in [6.45, 7) is 5.43. The summed E-state index contributed by atoms with van der Waals surface area (Å²) in [7, 11) is 0. The lowest BCUT2D eigenvalue weighted by Crippen LogP contribution is -2.27. The molecule has 0 aromatic heterocycles. The second kappa shape index (κ2) is 7.90. The predicted octanol–water partition coefficient (Wildman–Crippen LogP) is 1.88. The molecule has 1 atom stereocenters. The van der Waals surface area contributed by atoms with Crippen LogP contribution in [0.25, 0.3) is 0 Å². The third-order valence-corrected chi connectivity index (χ3v) is 3.62. The number of benzene rings is 1. The minimum Gasteiger partial charge on any atom is -0.493 e. The van der Waals surface area contributed by atoms with E-state index in [1.165, 1.54) is 6.42 Å². The summed E-state index contributed by atoms with van der Waals surface area (Å²) in [5.74, 6) is 1.62. The van der Waals surface area contributed by atoms with Gasteiger partial charge >= 0.3 is 0 Å². The van der Waals surface area contributed by atoms with Crippen molar-refractivity contribution in [1.29, 1.82) is 0 Å². The Morgan fingerprint density at radius 3 is 3.15 bits per heavy atom. The van der Waals surface area contributed by atoms with E-state index in [1.54, 1.807) is 0 Å². The zero-order valence-electron chi connectivity index (χ0n) is 12.2. The molecule has 110 valence electrons. The fraction of sp³-hybridized carbons (Fsp3) is 0.562. The lowest BCUT2D eigenvalue weighted by Gasteiger charge is -2.10. The van der Waals surface area contributed by atoms with Gasteiger partial charge in [0.1, 0.15) is 5.75 Å². The van der Waals surface area contributed by atoms with Crippen LogP contribution < -0.4 is 15.4 Å². The Hall–Kier alpha value is -1.55. The monoisotopic (exact) mass is 276 g/mol. The Morgan fingerprint density at radius 2 is 2.40 bits per heavy atom. The van der Waals surface area contributed by atoms with Crippen molar-refractivity contribution in [1.82, 2.24) is 10.6 Å². The highest BCUT2D eigenvalue weighted by Crippen LogP contribution is 2.12. The maximum absolute atomic E-state index is 11.7. The predicted molar refractivity (Wildman–Crippen MR) is 79.9 cm³/mol. The molecule has 1 amide bonds. The molecular weight excluding hydrogens is 252 g/mol. The van der Waals surface area contributed by atoms with E-state index in [0.29, 0.717) is 13.0 Å². The van der Waals surface area contributed by atoms with Crippen LogP contribution in [0.3, 0.4) is 0 Å². The minimum atomic E-state index is 0.0728. The summed E-state index contributed by atoms with van der Waals surface area (Å²) >= 11 is 0. The molecule has 1 aliphatic heterocycles. The molecule has 0 aliphatic carbocycles. The first-order valence-electron chi connectivity index (χ1n) is 7.41. The first kappa shape index (κ1) is 14.9. The molecule has 1 fully saturated rings. The van der Waals surface area contributed by atoms with Gasteiger partial charge in [-0.2, -0.15) is 0 Å². The van der Waals surface area contributed by atoms with E-state index >= 15 is 0 Å². The van der Waals surface area contributed by atoms with Crippen LogP contribution in [0.4, 0.5) is 0 Å². The fourth-order valence-corrected chi connectivity index (χ4v) is 2.43. The number of ether oxygens (including phenoxy) is 1. The van der Waals surface area contributed by atoms with Crippen molar-refractivity contribution < 1.29 is 9.53 Å². The second-order valence-corrected chi connectivity index (χ2v) is 5.41. The van der Waals surface area contributed by atoms with Crippen LogP contribution in [0, 0.1) is 12.8 Å². The SMILES string of the molecule is Cc1cccc(OCCC(=O)NCCC2CCNC2)c1. The molecule has 4 heteroatoms. The first-order chi connectivity index (χ1) is 9.74. The van der Waals surface area contributed by atoms with E-state index in [0.717, 1.165) is 43.3 Å². The Bertz CT molecular complexity index is 428. The highest BCUT2D eigenvalue weighted by molar-refractivity contribution is 5.75. The first-order valence-corrected chi connectivity index (χ1v) is 7.41. The number of hydrogen-bond acceptors (Lipinski definition) is 3. The highest BCUT2D eigenvalue weighted by Gasteiger charge is 2.13. The van der Waals surface area contributed by atoms with Gasteiger partial charge < -0.3 is 15.4 Å². The summed E-state index contributed by atoms with van der Waals surface area (Å²) in [5, 5.41) is 6.30. The van der Waals surface area contributed by atoms with Crippen LogP contribution in [0.2, 0.25) is 0 Å². The lowest BCUT2D eigenvalue weighted by atomic mass is 10.1. The Balaban J connectivity index is 1.55. The van der Waals surface area contributed by atoms with Crippen molar-refractivity contribution in [2.45, 2.75) is 26.2 Å². The number of amides is 1. The molecule has 1 saturated heterocycles. The number of nitrogens with one attached hydrogen (secondary N) is 2. The van der Waals surface area contributed by atoms with E-state index in [1.807, 2.05) is 31.2 Å². The van der Waals surface area contributed by atoms with Crippen LogP contribution >= 0.6 is 0 Å². The molecule has 1 aliphatic rings. The Kier molecular flexibility index (Phi) is 5.87. The largest absolute Gasteiger partial charge is 0.493 e. The van der Waals surface area contributed by atoms with Gasteiger partial charge in [0.05, 0.1) is 13.0 Å². The number of aryl methyl sites for hydroxylation is 1. The zero-order valence-corrected chi connectivity index (χ0v) is 12.2. The van der Waals surface area contributed by atoms with Crippen molar-refractivity contribution in [2.24, 2.45) is 5.92 Å². The third-order valence-electron chi connectivity index (χ3n) is 3.62. The fourth-order valence-electron chi connectivity index (χ4n) is 2.43. The van der Waals surface area contributed by atoms with Crippen molar-refractivity contribution >= 4 is 5.91 Å². The molecule has 0 radical (unpaired) electrons. The Labute approximate surface area is 120 Å². The van der Waals surface area contributed by atoms with Gasteiger partial charge in [0.25, 0.3) is 0 Å².